The van der Waals surface area contributed by atoms with Gasteiger partial charge in [-0.1, -0.05) is 6.92 Å². The first-order valence-corrected chi connectivity index (χ1v) is 7.65. The third-order valence-electron chi connectivity index (χ3n) is 3.68. The second kappa shape index (κ2) is 10.4. The SMILES string of the molecule is CC(N)C(C)C(=O)Nc1ccc(Oc2ccc(C(F)(F)F)cn2)c(F)c1.Cl.Cl. The second-order valence-corrected chi connectivity index (χ2v) is 5.77. The van der Waals surface area contributed by atoms with Crippen LogP contribution in [-0.2, 0) is 11.0 Å². The molecular weight excluding hydrogens is 425 g/mol. The van der Waals surface area contributed by atoms with E-state index in [1.807, 2.05) is 0 Å². The van der Waals surface area contributed by atoms with Crippen molar-refractivity contribution in [1.82, 2.24) is 4.98 Å². The summed E-state index contributed by atoms with van der Waals surface area (Å²) in [5, 5.41) is 2.52. The number of benzene rings is 1. The Morgan fingerprint density at radius 2 is 1.82 bits per heavy atom. The number of carbonyl (C=O) groups excluding carboxylic acids is 1. The molecule has 0 aliphatic heterocycles. The predicted octanol–water partition coefficient (Wildman–Crippen LogP) is 4.80. The molecule has 2 aromatic rings. The molecular formula is C17H19Cl2F4N3O2. The van der Waals surface area contributed by atoms with Crippen LogP contribution in [0.1, 0.15) is 19.4 Å². The van der Waals surface area contributed by atoms with Crippen LogP contribution in [0.25, 0.3) is 0 Å². The van der Waals surface area contributed by atoms with E-state index in [-0.39, 0.29) is 54.1 Å². The lowest BCUT2D eigenvalue weighted by Gasteiger charge is -2.15. The lowest BCUT2D eigenvalue weighted by atomic mass is 10.0. The predicted molar refractivity (Wildman–Crippen MR) is 102 cm³/mol. The summed E-state index contributed by atoms with van der Waals surface area (Å²) < 4.78 is 56.7. The highest BCUT2D eigenvalue weighted by atomic mass is 35.5. The van der Waals surface area contributed by atoms with Crippen molar-refractivity contribution in [2.45, 2.75) is 26.1 Å². The van der Waals surface area contributed by atoms with Crippen molar-refractivity contribution >= 4 is 36.4 Å². The molecule has 0 saturated heterocycles. The Morgan fingerprint density at radius 3 is 2.29 bits per heavy atom. The number of rotatable bonds is 5. The summed E-state index contributed by atoms with van der Waals surface area (Å²) >= 11 is 0. The van der Waals surface area contributed by atoms with E-state index in [0.717, 1.165) is 18.2 Å². The summed E-state index contributed by atoms with van der Waals surface area (Å²) in [6.07, 6.45) is -3.92. The van der Waals surface area contributed by atoms with E-state index in [0.29, 0.717) is 6.20 Å². The highest BCUT2D eigenvalue weighted by molar-refractivity contribution is 5.92. The van der Waals surface area contributed by atoms with E-state index >= 15 is 0 Å². The molecule has 0 saturated carbocycles. The average molecular weight is 444 g/mol. The summed E-state index contributed by atoms with van der Waals surface area (Å²) in [4.78, 5) is 15.4. The molecule has 2 atom stereocenters. The standard InChI is InChI=1S/C17H17F4N3O2.2ClH/c1-9(10(2)22)16(25)24-12-4-5-14(13(18)7-12)26-15-6-3-11(8-23-15)17(19,20)21;;/h3-10H,22H2,1-2H3,(H,24,25);2*1H. The summed E-state index contributed by atoms with van der Waals surface area (Å²) in [5.74, 6) is -2.07. The zero-order valence-electron chi connectivity index (χ0n) is 14.8. The van der Waals surface area contributed by atoms with E-state index in [1.54, 1.807) is 13.8 Å². The van der Waals surface area contributed by atoms with Crippen molar-refractivity contribution in [3.8, 4) is 11.6 Å². The van der Waals surface area contributed by atoms with Crippen molar-refractivity contribution in [3.05, 3.63) is 47.9 Å². The van der Waals surface area contributed by atoms with Gasteiger partial charge in [-0.05, 0) is 25.1 Å². The largest absolute Gasteiger partial charge is 0.436 e. The highest BCUT2D eigenvalue weighted by Gasteiger charge is 2.30. The fourth-order valence-corrected chi connectivity index (χ4v) is 1.88. The third-order valence-corrected chi connectivity index (χ3v) is 3.68. The number of nitrogens with two attached hydrogens (primary N) is 1. The Hall–Kier alpha value is -2.10. The number of anilines is 1. The van der Waals surface area contributed by atoms with Crippen LogP contribution in [-0.4, -0.2) is 16.9 Å². The van der Waals surface area contributed by atoms with E-state index in [2.05, 4.69) is 10.3 Å². The van der Waals surface area contributed by atoms with E-state index in [9.17, 15) is 22.4 Å². The van der Waals surface area contributed by atoms with E-state index in [1.165, 1.54) is 12.1 Å². The van der Waals surface area contributed by atoms with Gasteiger partial charge < -0.3 is 15.8 Å². The van der Waals surface area contributed by atoms with Crippen LogP contribution in [0.2, 0.25) is 0 Å². The van der Waals surface area contributed by atoms with Gasteiger partial charge in [0.15, 0.2) is 11.6 Å². The molecule has 0 aliphatic carbocycles. The summed E-state index contributed by atoms with van der Waals surface area (Å²) in [7, 11) is 0. The molecule has 1 aromatic heterocycles. The monoisotopic (exact) mass is 443 g/mol. The zero-order valence-corrected chi connectivity index (χ0v) is 16.4. The van der Waals surface area contributed by atoms with Crippen LogP contribution >= 0.6 is 24.8 Å². The highest BCUT2D eigenvalue weighted by Crippen LogP contribution is 2.31. The molecule has 3 N–H and O–H groups in total. The van der Waals surface area contributed by atoms with Gasteiger partial charge in [-0.25, -0.2) is 9.37 Å². The van der Waals surface area contributed by atoms with Gasteiger partial charge in [-0.2, -0.15) is 13.2 Å². The maximum atomic E-state index is 14.1. The maximum Gasteiger partial charge on any atom is 0.417 e. The van der Waals surface area contributed by atoms with Crippen molar-refractivity contribution in [3.63, 3.8) is 0 Å². The molecule has 11 heteroatoms. The number of nitrogens with zero attached hydrogens (tertiary/aromatic N) is 1. The zero-order chi connectivity index (χ0) is 19.5. The van der Waals surface area contributed by atoms with E-state index in [4.69, 9.17) is 10.5 Å². The van der Waals surface area contributed by atoms with Gasteiger partial charge in [0.1, 0.15) is 0 Å². The molecule has 0 fully saturated rings. The number of pyridine rings is 1. The fourth-order valence-electron chi connectivity index (χ4n) is 1.88. The summed E-state index contributed by atoms with van der Waals surface area (Å²) in [6, 6.07) is 5.07. The lowest BCUT2D eigenvalue weighted by molar-refractivity contribution is -0.137. The summed E-state index contributed by atoms with van der Waals surface area (Å²) in [6.45, 7) is 3.32. The molecule has 1 heterocycles. The number of ether oxygens (including phenoxy) is 1. The normalized spacial score (nSPS) is 12.8. The number of alkyl halides is 3. The van der Waals surface area contributed by atoms with Crippen LogP contribution in [0.5, 0.6) is 11.6 Å². The van der Waals surface area contributed by atoms with Crippen LogP contribution in [0.15, 0.2) is 36.5 Å². The Balaban J connectivity index is 0.00000364. The van der Waals surface area contributed by atoms with Crippen molar-refractivity contribution in [2.24, 2.45) is 11.7 Å². The first-order chi connectivity index (χ1) is 12.1. The minimum Gasteiger partial charge on any atom is -0.436 e. The number of hydrogen-bond donors (Lipinski definition) is 2. The van der Waals surface area contributed by atoms with Crippen LogP contribution < -0.4 is 15.8 Å². The van der Waals surface area contributed by atoms with Gasteiger partial charge in [-0.15, -0.1) is 24.8 Å². The van der Waals surface area contributed by atoms with Gasteiger partial charge in [0, 0.05) is 30.1 Å². The van der Waals surface area contributed by atoms with Gasteiger partial charge in [-0.3, -0.25) is 4.79 Å². The molecule has 1 amide bonds. The molecule has 2 rings (SSSR count). The molecule has 5 nitrogen and oxygen atoms in total. The molecule has 1 aromatic carbocycles. The first kappa shape index (κ1) is 25.9. The molecule has 0 bridgehead atoms. The minimum absolute atomic E-state index is 0. The van der Waals surface area contributed by atoms with E-state index < -0.39 is 23.5 Å². The Morgan fingerprint density at radius 1 is 1.18 bits per heavy atom. The van der Waals surface area contributed by atoms with Gasteiger partial charge in [0.25, 0.3) is 0 Å². The van der Waals surface area contributed by atoms with Gasteiger partial charge in [0.05, 0.1) is 11.5 Å². The quantitative estimate of drug-likeness (QED) is 0.650. The number of nitrogens with one attached hydrogen (secondary N) is 1. The van der Waals surface area contributed by atoms with Crippen molar-refractivity contribution in [1.29, 1.82) is 0 Å². The number of aromatic nitrogens is 1. The Labute approximate surface area is 171 Å². The number of amides is 1. The maximum absolute atomic E-state index is 14.1. The van der Waals surface area contributed by atoms with Crippen LogP contribution in [0.3, 0.4) is 0 Å². The minimum atomic E-state index is -4.52. The lowest BCUT2D eigenvalue weighted by Crippen LogP contribution is -2.34. The first-order valence-electron chi connectivity index (χ1n) is 7.65. The average Bonchev–Trinajstić information content (AvgIpc) is 2.56. The fraction of sp³-hybridized carbons (Fsp3) is 0.294. The molecule has 0 aliphatic rings. The smallest absolute Gasteiger partial charge is 0.417 e. The molecule has 2 unspecified atom stereocenters. The molecule has 156 valence electrons. The molecule has 28 heavy (non-hydrogen) atoms. The van der Waals surface area contributed by atoms with Crippen LogP contribution in [0.4, 0.5) is 23.2 Å². The number of carbonyl (C=O) groups is 1. The Bertz CT molecular complexity index is 787. The number of hydrogen-bond acceptors (Lipinski definition) is 4. The van der Waals surface area contributed by atoms with Crippen LogP contribution in [0, 0.1) is 11.7 Å². The molecule has 0 spiro atoms. The van der Waals surface area contributed by atoms with Crippen molar-refractivity contribution < 1.29 is 27.1 Å². The summed E-state index contributed by atoms with van der Waals surface area (Å²) in [5.41, 5.74) is 4.90. The number of halogens is 6. The second-order valence-electron chi connectivity index (χ2n) is 5.77. The van der Waals surface area contributed by atoms with Gasteiger partial charge >= 0.3 is 6.18 Å². The topological polar surface area (TPSA) is 77.2 Å². The molecule has 0 radical (unpaired) electrons. The third kappa shape index (κ3) is 6.81. The van der Waals surface area contributed by atoms with Crippen molar-refractivity contribution in [2.75, 3.05) is 5.32 Å². The Kier molecular flexibility index (Phi) is 9.66. The van der Waals surface area contributed by atoms with Gasteiger partial charge in [0.2, 0.25) is 11.8 Å².